The third-order valence-corrected chi connectivity index (χ3v) is 3.49. The lowest BCUT2D eigenvalue weighted by molar-refractivity contribution is 0.104. The molecule has 0 radical (unpaired) electrons. The summed E-state index contributed by atoms with van der Waals surface area (Å²) in [6, 6.07) is 16.6. The molecule has 0 saturated heterocycles. The first-order valence-electron chi connectivity index (χ1n) is 6.91. The number of aliphatic hydroxyl groups excluding tert-OH is 1. The summed E-state index contributed by atoms with van der Waals surface area (Å²) >= 11 is 0. The summed E-state index contributed by atoms with van der Waals surface area (Å²) in [4.78, 5) is 17.0. The minimum absolute atomic E-state index is 0.0200. The molecular formula is C18H15NO2. The second kappa shape index (κ2) is 5.37. The van der Waals surface area contributed by atoms with E-state index in [-0.39, 0.29) is 11.5 Å². The third kappa shape index (κ3) is 2.17. The number of carbonyl (C=O) groups excluding carboxylic acids is 1. The maximum atomic E-state index is 12.6. The van der Waals surface area contributed by atoms with Crippen LogP contribution in [0.2, 0.25) is 0 Å². The molecule has 0 aliphatic heterocycles. The first-order valence-corrected chi connectivity index (χ1v) is 6.91. The Morgan fingerprint density at radius 3 is 2.24 bits per heavy atom. The molecule has 21 heavy (non-hydrogen) atoms. The van der Waals surface area contributed by atoms with E-state index in [1.54, 1.807) is 18.2 Å². The number of carbonyl (C=O) groups is 1. The Morgan fingerprint density at radius 2 is 1.62 bits per heavy atom. The monoisotopic (exact) mass is 277 g/mol. The van der Waals surface area contributed by atoms with Crippen LogP contribution in [0.15, 0.2) is 65.2 Å². The fourth-order valence-electron chi connectivity index (χ4n) is 2.55. The van der Waals surface area contributed by atoms with E-state index in [9.17, 15) is 9.90 Å². The summed E-state index contributed by atoms with van der Waals surface area (Å²) in [5, 5.41) is 10.4. The number of nitrogens with zero attached hydrogens (tertiary/aromatic N) is 1. The molecule has 2 aromatic carbocycles. The van der Waals surface area contributed by atoms with Crippen molar-refractivity contribution in [3.63, 3.8) is 0 Å². The van der Waals surface area contributed by atoms with Crippen molar-refractivity contribution >= 4 is 17.3 Å². The van der Waals surface area contributed by atoms with Crippen LogP contribution in [0.4, 0.5) is 0 Å². The van der Waals surface area contributed by atoms with Crippen molar-refractivity contribution in [1.29, 1.82) is 0 Å². The van der Waals surface area contributed by atoms with Gasteiger partial charge in [0.05, 0.1) is 11.3 Å². The van der Waals surface area contributed by atoms with Crippen LogP contribution in [-0.2, 0) is 0 Å². The standard InChI is InChI=1S/C18H15NO2/c1-2-19-16(12-8-4-3-5-9-12)15-17(20)13-10-6-7-11-14(13)18(15)21/h3-11,20H,2H2,1H3. The lowest BCUT2D eigenvalue weighted by Gasteiger charge is -2.07. The average Bonchev–Trinajstić information content (AvgIpc) is 2.78. The van der Waals surface area contributed by atoms with E-state index in [0.29, 0.717) is 29.0 Å². The number of ketones is 1. The lowest BCUT2D eigenvalue weighted by atomic mass is 9.99. The molecule has 1 aliphatic rings. The van der Waals surface area contributed by atoms with Gasteiger partial charge >= 0.3 is 0 Å². The van der Waals surface area contributed by atoms with Gasteiger partial charge in [0.1, 0.15) is 5.76 Å². The minimum atomic E-state index is -0.167. The van der Waals surface area contributed by atoms with Crippen LogP contribution in [0.3, 0.4) is 0 Å². The van der Waals surface area contributed by atoms with Crippen LogP contribution in [0, 0.1) is 0 Å². The molecule has 0 saturated carbocycles. The number of aliphatic imine (C=N–C) groups is 1. The number of Topliss-reactive ketones (excluding diaryl/α,β-unsaturated/α-hetero) is 1. The summed E-state index contributed by atoms with van der Waals surface area (Å²) in [5.41, 5.74) is 2.80. The molecule has 0 spiro atoms. The molecule has 2 aromatic rings. The Hall–Kier alpha value is -2.68. The van der Waals surface area contributed by atoms with Gasteiger partial charge in [-0.05, 0) is 6.92 Å². The normalized spacial score (nSPS) is 14.5. The predicted octanol–water partition coefficient (Wildman–Crippen LogP) is 3.66. The number of rotatable bonds is 3. The maximum absolute atomic E-state index is 12.6. The fourth-order valence-corrected chi connectivity index (χ4v) is 2.55. The van der Waals surface area contributed by atoms with E-state index < -0.39 is 0 Å². The lowest BCUT2D eigenvalue weighted by Crippen LogP contribution is -2.13. The fraction of sp³-hybridized carbons (Fsp3) is 0.111. The molecule has 0 fully saturated rings. The third-order valence-electron chi connectivity index (χ3n) is 3.49. The van der Waals surface area contributed by atoms with Gasteiger partial charge < -0.3 is 5.11 Å². The first-order chi connectivity index (χ1) is 10.2. The highest BCUT2D eigenvalue weighted by atomic mass is 16.3. The molecule has 3 rings (SSSR count). The molecule has 1 aliphatic carbocycles. The van der Waals surface area contributed by atoms with Gasteiger partial charge in [-0.2, -0.15) is 0 Å². The molecule has 3 heteroatoms. The van der Waals surface area contributed by atoms with E-state index in [1.807, 2.05) is 43.3 Å². The molecule has 0 unspecified atom stereocenters. The van der Waals surface area contributed by atoms with Crippen molar-refractivity contribution in [1.82, 2.24) is 0 Å². The van der Waals surface area contributed by atoms with Crippen molar-refractivity contribution in [2.24, 2.45) is 4.99 Å². The number of fused-ring (bicyclic) bond motifs is 1. The van der Waals surface area contributed by atoms with Crippen LogP contribution >= 0.6 is 0 Å². The number of allylic oxidation sites excluding steroid dienone is 1. The highest BCUT2D eigenvalue weighted by Crippen LogP contribution is 2.33. The van der Waals surface area contributed by atoms with Gasteiger partial charge in [-0.1, -0.05) is 54.6 Å². The molecule has 0 amide bonds. The van der Waals surface area contributed by atoms with Crippen LogP contribution in [0.25, 0.3) is 5.76 Å². The molecule has 0 aromatic heterocycles. The van der Waals surface area contributed by atoms with E-state index in [4.69, 9.17) is 0 Å². The van der Waals surface area contributed by atoms with Gasteiger partial charge in [0.25, 0.3) is 0 Å². The zero-order chi connectivity index (χ0) is 14.8. The van der Waals surface area contributed by atoms with E-state index in [1.165, 1.54) is 0 Å². The van der Waals surface area contributed by atoms with Crippen molar-refractivity contribution < 1.29 is 9.90 Å². The van der Waals surface area contributed by atoms with Crippen LogP contribution < -0.4 is 0 Å². The smallest absolute Gasteiger partial charge is 0.199 e. The van der Waals surface area contributed by atoms with Crippen molar-refractivity contribution in [3.8, 4) is 0 Å². The van der Waals surface area contributed by atoms with Crippen molar-refractivity contribution in [2.75, 3.05) is 6.54 Å². The number of hydrogen-bond donors (Lipinski definition) is 1. The second-order valence-corrected chi connectivity index (χ2v) is 4.79. The van der Waals surface area contributed by atoms with E-state index >= 15 is 0 Å². The molecule has 3 nitrogen and oxygen atoms in total. The zero-order valence-electron chi connectivity index (χ0n) is 11.7. The van der Waals surface area contributed by atoms with Crippen LogP contribution in [-0.4, -0.2) is 23.1 Å². The van der Waals surface area contributed by atoms with Crippen LogP contribution in [0.5, 0.6) is 0 Å². The number of aliphatic hydroxyl groups is 1. The molecular weight excluding hydrogens is 262 g/mol. The van der Waals surface area contributed by atoms with Crippen molar-refractivity contribution in [2.45, 2.75) is 6.92 Å². The van der Waals surface area contributed by atoms with Gasteiger partial charge in [-0.25, -0.2) is 0 Å². The summed E-state index contributed by atoms with van der Waals surface area (Å²) in [7, 11) is 0. The topological polar surface area (TPSA) is 49.7 Å². The summed E-state index contributed by atoms with van der Waals surface area (Å²) in [6.45, 7) is 2.46. The maximum Gasteiger partial charge on any atom is 0.199 e. The van der Waals surface area contributed by atoms with Gasteiger partial charge in [-0.3, -0.25) is 9.79 Å². The average molecular weight is 277 g/mol. The van der Waals surface area contributed by atoms with Gasteiger partial charge in [0, 0.05) is 23.2 Å². The Kier molecular flexibility index (Phi) is 3.40. The molecule has 1 N–H and O–H groups in total. The SMILES string of the molecule is CCN=C(C1=C(O)c2ccccc2C1=O)c1ccccc1. The predicted molar refractivity (Wildman–Crippen MR) is 83.8 cm³/mol. The highest BCUT2D eigenvalue weighted by Gasteiger charge is 2.32. The minimum Gasteiger partial charge on any atom is -0.506 e. The summed E-state index contributed by atoms with van der Waals surface area (Å²) in [5.74, 6) is -0.147. The Bertz CT molecular complexity index is 758. The van der Waals surface area contributed by atoms with Gasteiger partial charge in [0.15, 0.2) is 5.78 Å². The summed E-state index contributed by atoms with van der Waals surface area (Å²) < 4.78 is 0. The molecule has 104 valence electrons. The Labute approximate surface area is 123 Å². The second-order valence-electron chi connectivity index (χ2n) is 4.79. The Balaban J connectivity index is 2.17. The number of hydrogen-bond acceptors (Lipinski definition) is 3. The van der Waals surface area contributed by atoms with E-state index in [0.717, 1.165) is 5.56 Å². The van der Waals surface area contributed by atoms with Gasteiger partial charge in [0.2, 0.25) is 0 Å². The zero-order valence-corrected chi connectivity index (χ0v) is 11.7. The van der Waals surface area contributed by atoms with Gasteiger partial charge in [-0.15, -0.1) is 0 Å². The molecule has 0 bridgehead atoms. The van der Waals surface area contributed by atoms with Crippen molar-refractivity contribution in [3.05, 3.63) is 76.9 Å². The molecule has 0 atom stereocenters. The number of benzene rings is 2. The molecule has 0 heterocycles. The Morgan fingerprint density at radius 1 is 1.00 bits per heavy atom. The first kappa shape index (κ1) is 13.3. The largest absolute Gasteiger partial charge is 0.506 e. The highest BCUT2D eigenvalue weighted by molar-refractivity contribution is 6.39. The quantitative estimate of drug-likeness (QED) is 0.870. The summed E-state index contributed by atoms with van der Waals surface area (Å²) in [6.07, 6.45) is 0. The van der Waals surface area contributed by atoms with Crippen LogP contribution in [0.1, 0.15) is 28.4 Å². The van der Waals surface area contributed by atoms with E-state index in [2.05, 4.69) is 4.99 Å².